The number of amides is 4. The normalized spacial score (nSPS) is 13.5. The Bertz CT molecular complexity index is 947. The van der Waals surface area contributed by atoms with Crippen LogP contribution in [0.5, 0.6) is 0 Å². The zero-order valence-electron chi connectivity index (χ0n) is 17.3. The fourth-order valence-electron chi connectivity index (χ4n) is 3.31. The molecule has 7 nitrogen and oxygen atoms in total. The van der Waals surface area contributed by atoms with Gasteiger partial charge in [0.05, 0.1) is 0 Å². The number of nitrogens with one attached hydrogen (secondary N) is 1. The molecular weight excluding hydrogens is 380 g/mol. The molecule has 0 atom stereocenters. The second-order valence-electron chi connectivity index (χ2n) is 7.23. The quantitative estimate of drug-likeness (QED) is 0.793. The first-order chi connectivity index (χ1) is 14.4. The lowest BCUT2D eigenvalue weighted by Crippen LogP contribution is -2.51. The van der Waals surface area contributed by atoms with E-state index in [4.69, 9.17) is 0 Å². The lowest BCUT2D eigenvalue weighted by Gasteiger charge is -2.34. The summed E-state index contributed by atoms with van der Waals surface area (Å²) in [5.41, 5.74) is 3.08. The first kappa shape index (κ1) is 21.1. The zero-order chi connectivity index (χ0) is 21.7. The summed E-state index contributed by atoms with van der Waals surface area (Å²) in [7, 11) is 1.65. The highest BCUT2D eigenvalue weighted by Gasteiger charge is 2.25. The van der Waals surface area contributed by atoms with E-state index >= 15 is 0 Å². The van der Waals surface area contributed by atoms with E-state index < -0.39 is 0 Å². The van der Waals surface area contributed by atoms with Crippen molar-refractivity contribution in [3.05, 3.63) is 72.3 Å². The van der Waals surface area contributed by atoms with E-state index in [1.807, 2.05) is 31.2 Å². The maximum Gasteiger partial charge on any atom is 0.321 e. The molecule has 1 N–H and O–H groups in total. The summed E-state index contributed by atoms with van der Waals surface area (Å²) in [5.74, 6) is -0.299. The molecule has 0 radical (unpaired) electrons. The number of rotatable bonds is 4. The molecule has 1 aliphatic rings. The minimum atomic E-state index is -0.214. The fraction of sp³-hybridized carbons (Fsp3) is 0.261. The number of hydrogen-bond donors (Lipinski definition) is 1. The molecule has 1 heterocycles. The largest absolute Gasteiger partial charge is 0.335 e. The van der Waals surface area contributed by atoms with Crippen molar-refractivity contribution in [1.82, 2.24) is 9.80 Å². The molecule has 0 unspecified atom stereocenters. The molecule has 0 aromatic heterocycles. The van der Waals surface area contributed by atoms with Crippen molar-refractivity contribution < 1.29 is 14.4 Å². The van der Waals surface area contributed by atoms with Crippen molar-refractivity contribution in [2.45, 2.75) is 6.92 Å². The summed E-state index contributed by atoms with van der Waals surface area (Å²) in [5, 5.41) is 2.90. The van der Waals surface area contributed by atoms with E-state index in [1.54, 1.807) is 41.1 Å². The standard InChI is InChI=1S/C23H26N4O3/c1-4-21(28)25(3)20-10-8-18(9-11-20)22(29)26-12-14-27(15-13-26)23(30)24-19-7-5-6-17(2)16-19/h4-11,16H,1,12-15H2,2-3H3,(H,24,30). The van der Waals surface area contributed by atoms with E-state index in [1.165, 1.54) is 11.0 Å². The number of likely N-dealkylation sites (N-methyl/N-ethyl adjacent to an activating group) is 1. The summed E-state index contributed by atoms with van der Waals surface area (Å²) >= 11 is 0. The van der Waals surface area contributed by atoms with Crippen LogP contribution in [0, 0.1) is 6.92 Å². The Hall–Kier alpha value is -3.61. The average Bonchev–Trinajstić information content (AvgIpc) is 2.77. The molecule has 2 aromatic rings. The molecule has 7 heteroatoms. The van der Waals surface area contributed by atoms with Crippen molar-refractivity contribution in [3.63, 3.8) is 0 Å². The van der Waals surface area contributed by atoms with Crippen LogP contribution in [-0.2, 0) is 4.79 Å². The van der Waals surface area contributed by atoms with Gasteiger partial charge in [0, 0.05) is 50.2 Å². The predicted molar refractivity (Wildman–Crippen MR) is 118 cm³/mol. The van der Waals surface area contributed by atoms with Crippen LogP contribution >= 0.6 is 0 Å². The number of aryl methyl sites for hydroxylation is 1. The molecule has 0 saturated carbocycles. The molecule has 1 fully saturated rings. The highest BCUT2D eigenvalue weighted by Crippen LogP contribution is 2.17. The van der Waals surface area contributed by atoms with E-state index in [-0.39, 0.29) is 17.8 Å². The van der Waals surface area contributed by atoms with Gasteiger partial charge in [-0.3, -0.25) is 9.59 Å². The van der Waals surface area contributed by atoms with Gasteiger partial charge in [-0.25, -0.2) is 4.79 Å². The third-order valence-electron chi connectivity index (χ3n) is 5.13. The topological polar surface area (TPSA) is 73.0 Å². The number of carbonyl (C=O) groups is 3. The highest BCUT2D eigenvalue weighted by molar-refractivity contribution is 6.01. The van der Waals surface area contributed by atoms with Crippen molar-refractivity contribution in [3.8, 4) is 0 Å². The van der Waals surface area contributed by atoms with Gasteiger partial charge in [-0.05, 0) is 55.0 Å². The smallest absolute Gasteiger partial charge is 0.321 e. The maximum atomic E-state index is 12.8. The van der Waals surface area contributed by atoms with E-state index in [2.05, 4.69) is 11.9 Å². The fourth-order valence-corrected chi connectivity index (χ4v) is 3.31. The van der Waals surface area contributed by atoms with Gasteiger partial charge in [0.2, 0.25) is 5.91 Å². The molecule has 3 rings (SSSR count). The van der Waals surface area contributed by atoms with Crippen molar-refractivity contribution in [2.75, 3.05) is 43.4 Å². The van der Waals surface area contributed by atoms with Gasteiger partial charge in [-0.2, -0.15) is 0 Å². The Labute approximate surface area is 176 Å². The van der Waals surface area contributed by atoms with Gasteiger partial charge < -0.3 is 20.0 Å². The van der Waals surface area contributed by atoms with E-state index in [0.717, 1.165) is 11.3 Å². The molecule has 30 heavy (non-hydrogen) atoms. The number of piperazine rings is 1. The van der Waals surface area contributed by atoms with Gasteiger partial charge in [-0.1, -0.05) is 18.7 Å². The number of hydrogen-bond acceptors (Lipinski definition) is 3. The van der Waals surface area contributed by atoms with Gasteiger partial charge in [0.25, 0.3) is 5.91 Å². The second kappa shape index (κ2) is 9.26. The summed E-state index contributed by atoms with van der Waals surface area (Å²) in [6, 6.07) is 14.4. The number of anilines is 2. The predicted octanol–water partition coefficient (Wildman–Crippen LogP) is 3.13. The van der Waals surface area contributed by atoms with E-state index in [9.17, 15) is 14.4 Å². The van der Waals surface area contributed by atoms with Gasteiger partial charge >= 0.3 is 6.03 Å². The van der Waals surface area contributed by atoms with Crippen LogP contribution in [0.25, 0.3) is 0 Å². The molecule has 0 bridgehead atoms. The van der Waals surface area contributed by atoms with Gasteiger partial charge in [0.1, 0.15) is 0 Å². The third kappa shape index (κ3) is 4.86. The van der Waals surface area contributed by atoms with Gasteiger partial charge in [0.15, 0.2) is 0 Å². The first-order valence-electron chi connectivity index (χ1n) is 9.81. The Kier molecular flexibility index (Phi) is 6.51. The lowest BCUT2D eigenvalue weighted by atomic mass is 10.1. The van der Waals surface area contributed by atoms with Crippen LogP contribution in [0.3, 0.4) is 0 Å². The highest BCUT2D eigenvalue weighted by atomic mass is 16.2. The van der Waals surface area contributed by atoms with Crippen molar-refractivity contribution in [1.29, 1.82) is 0 Å². The number of carbonyl (C=O) groups excluding carboxylic acids is 3. The van der Waals surface area contributed by atoms with Crippen LogP contribution in [0.15, 0.2) is 61.2 Å². The lowest BCUT2D eigenvalue weighted by molar-refractivity contribution is -0.113. The van der Waals surface area contributed by atoms with E-state index in [0.29, 0.717) is 37.4 Å². The van der Waals surface area contributed by atoms with Crippen molar-refractivity contribution >= 4 is 29.2 Å². The Balaban J connectivity index is 1.55. The molecule has 2 aromatic carbocycles. The molecule has 4 amide bonds. The van der Waals surface area contributed by atoms with Crippen LogP contribution in [0.1, 0.15) is 15.9 Å². The first-order valence-corrected chi connectivity index (χ1v) is 9.81. The molecule has 1 saturated heterocycles. The van der Waals surface area contributed by atoms with Crippen LogP contribution in [0.2, 0.25) is 0 Å². The van der Waals surface area contributed by atoms with Crippen molar-refractivity contribution in [2.24, 2.45) is 0 Å². The van der Waals surface area contributed by atoms with Crippen LogP contribution < -0.4 is 10.2 Å². The van der Waals surface area contributed by atoms with Crippen LogP contribution in [-0.4, -0.2) is 60.9 Å². The minimum absolute atomic E-state index is 0.0852. The Morgan fingerprint density at radius 2 is 1.63 bits per heavy atom. The third-order valence-corrected chi connectivity index (χ3v) is 5.13. The monoisotopic (exact) mass is 406 g/mol. The summed E-state index contributed by atoms with van der Waals surface area (Å²) in [6.07, 6.45) is 1.24. The molecule has 0 aliphatic carbocycles. The number of urea groups is 1. The minimum Gasteiger partial charge on any atom is -0.335 e. The van der Waals surface area contributed by atoms with Gasteiger partial charge in [-0.15, -0.1) is 0 Å². The average molecular weight is 406 g/mol. The number of nitrogens with zero attached hydrogens (tertiary/aromatic N) is 3. The Morgan fingerprint density at radius 1 is 1.00 bits per heavy atom. The molecule has 0 spiro atoms. The SMILES string of the molecule is C=CC(=O)N(C)c1ccc(C(=O)N2CCN(C(=O)Nc3cccc(C)c3)CC2)cc1. The maximum absolute atomic E-state index is 12.8. The molecular formula is C23H26N4O3. The summed E-state index contributed by atoms with van der Waals surface area (Å²) in [4.78, 5) is 41.9. The van der Waals surface area contributed by atoms with Crippen LogP contribution in [0.4, 0.5) is 16.2 Å². The summed E-state index contributed by atoms with van der Waals surface area (Å²) in [6.45, 7) is 7.33. The molecule has 156 valence electrons. The Morgan fingerprint density at radius 3 is 2.23 bits per heavy atom. The molecule has 1 aliphatic heterocycles. The summed E-state index contributed by atoms with van der Waals surface area (Å²) < 4.78 is 0. The zero-order valence-corrected chi connectivity index (χ0v) is 17.3. The second-order valence-corrected chi connectivity index (χ2v) is 7.23. The number of benzene rings is 2.